The first-order valence-electron chi connectivity index (χ1n) is 5.72. The van der Waals surface area contributed by atoms with Crippen LogP contribution in [0.25, 0.3) is 0 Å². The topological polar surface area (TPSA) is 75.4 Å². The van der Waals surface area contributed by atoms with Gasteiger partial charge in [-0.25, -0.2) is 8.78 Å². The van der Waals surface area contributed by atoms with Crippen LogP contribution in [0.3, 0.4) is 0 Å². The van der Waals surface area contributed by atoms with Gasteiger partial charge < -0.3 is 16.2 Å². The van der Waals surface area contributed by atoms with E-state index in [0.29, 0.717) is 5.56 Å². The van der Waals surface area contributed by atoms with Gasteiger partial charge in [-0.05, 0) is 34.5 Å². The molecule has 1 aromatic heterocycles. The molecule has 20 heavy (non-hydrogen) atoms. The zero-order valence-corrected chi connectivity index (χ0v) is 11.1. The summed E-state index contributed by atoms with van der Waals surface area (Å²) < 4.78 is 27.1. The van der Waals surface area contributed by atoms with Crippen molar-refractivity contribution in [2.75, 3.05) is 12.3 Å². The minimum atomic E-state index is -1.10. The molecule has 0 saturated heterocycles. The highest BCUT2D eigenvalue weighted by atomic mass is 32.1. The number of carbonyl (C=O) groups is 1. The molecule has 106 valence electrons. The second-order valence-corrected chi connectivity index (χ2v) is 4.89. The summed E-state index contributed by atoms with van der Waals surface area (Å²) in [5.74, 6) is -3.06. The number of hydrogen-bond donors (Lipinski definition) is 3. The number of rotatable bonds is 4. The Balaban J connectivity index is 2.08. The highest BCUT2D eigenvalue weighted by molar-refractivity contribution is 7.07. The monoisotopic (exact) mass is 298 g/mol. The van der Waals surface area contributed by atoms with Crippen molar-refractivity contribution in [3.8, 4) is 0 Å². The van der Waals surface area contributed by atoms with Crippen molar-refractivity contribution >= 4 is 22.9 Å². The van der Waals surface area contributed by atoms with E-state index in [1.165, 1.54) is 11.3 Å². The maximum atomic E-state index is 13.6. The second kappa shape index (κ2) is 5.98. The van der Waals surface area contributed by atoms with Crippen molar-refractivity contribution in [2.45, 2.75) is 6.10 Å². The summed E-state index contributed by atoms with van der Waals surface area (Å²) in [7, 11) is 0. The predicted molar refractivity (Wildman–Crippen MR) is 72.4 cm³/mol. The molecule has 1 atom stereocenters. The lowest BCUT2D eigenvalue weighted by Crippen LogP contribution is -2.30. The SMILES string of the molecule is Nc1ccc(F)c(C(=O)NCC(O)c2ccsc2)c1F. The van der Waals surface area contributed by atoms with Gasteiger partial charge in [-0.1, -0.05) is 0 Å². The molecule has 7 heteroatoms. The molecule has 0 radical (unpaired) electrons. The van der Waals surface area contributed by atoms with E-state index in [4.69, 9.17) is 5.73 Å². The van der Waals surface area contributed by atoms with E-state index in [1.54, 1.807) is 16.8 Å². The van der Waals surface area contributed by atoms with E-state index in [-0.39, 0.29) is 12.2 Å². The molecule has 0 spiro atoms. The van der Waals surface area contributed by atoms with Crippen LogP contribution in [0, 0.1) is 11.6 Å². The van der Waals surface area contributed by atoms with Gasteiger partial charge in [-0.3, -0.25) is 4.79 Å². The summed E-state index contributed by atoms with van der Waals surface area (Å²) in [4.78, 5) is 11.8. The fourth-order valence-electron chi connectivity index (χ4n) is 1.64. The lowest BCUT2D eigenvalue weighted by atomic mass is 10.1. The number of benzene rings is 1. The molecule has 0 fully saturated rings. The highest BCUT2D eigenvalue weighted by Gasteiger charge is 2.20. The quantitative estimate of drug-likeness (QED) is 0.756. The van der Waals surface area contributed by atoms with Gasteiger partial charge >= 0.3 is 0 Å². The summed E-state index contributed by atoms with van der Waals surface area (Å²) in [6.45, 7) is -0.150. The van der Waals surface area contributed by atoms with E-state index in [2.05, 4.69) is 5.32 Å². The molecule has 0 aliphatic heterocycles. The van der Waals surface area contributed by atoms with Crippen LogP contribution in [-0.4, -0.2) is 17.6 Å². The van der Waals surface area contributed by atoms with Crippen molar-refractivity contribution in [3.63, 3.8) is 0 Å². The summed E-state index contributed by atoms with van der Waals surface area (Å²) >= 11 is 1.40. The van der Waals surface area contributed by atoms with Crippen LogP contribution in [0.4, 0.5) is 14.5 Å². The number of nitrogens with two attached hydrogens (primary N) is 1. The van der Waals surface area contributed by atoms with Crippen LogP contribution in [0.15, 0.2) is 29.0 Å². The molecule has 0 aliphatic carbocycles. The van der Waals surface area contributed by atoms with Gasteiger partial charge in [0.1, 0.15) is 11.4 Å². The zero-order valence-electron chi connectivity index (χ0n) is 10.3. The van der Waals surface area contributed by atoms with Gasteiger partial charge in [-0.15, -0.1) is 0 Å². The number of aliphatic hydroxyl groups excluding tert-OH is 1. The molecule has 2 rings (SSSR count). The Labute approximate surface area is 117 Å². The first kappa shape index (κ1) is 14.4. The van der Waals surface area contributed by atoms with Crippen LogP contribution < -0.4 is 11.1 Å². The number of nitrogen functional groups attached to an aromatic ring is 1. The van der Waals surface area contributed by atoms with Gasteiger partial charge in [0, 0.05) is 6.54 Å². The van der Waals surface area contributed by atoms with Crippen LogP contribution in [0.1, 0.15) is 22.0 Å². The van der Waals surface area contributed by atoms with E-state index in [0.717, 1.165) is 12.1 Å². The van der Waals surface area contributed by atoms with E-state index < -0.39 is 29.2 Å². The largest absolute Gasteiger partial charge is 0.396 e. The number of hydrogen-bond acceptors (Lipinski definition) is 4. The Morgan fingerprint density at radius 3 is 2.80 bits per heavy atom. The Morgan fingerprint density at radius 1 is 1.40 bits per heavy atom. The van der Waals surface area contributed by atoms with Gasteiger partial charge in [0.15, 0.2) is 5.82 Å². The first-order valence-corrected chi connectivity index (χ1v) is 6.67. The van der Waals surface area contributed by atoms with Crippen LogP contribution in [0.5, 0.6) is 0 Å². The van der Waals surface area contributed by atoms with Gasteiger partial charge in [0.25, 0.3) is 5.91 Å². The fourth-order valence-corrected chi connectivity index (χ4v) is 2.34. The maximum absolute atomic E-state index is 13.6. The third-order valence-corrected chi connectivity index (χ3v) is 3.43. The summed E-state index contributed by atoms with van der Waals surface area (Å²) in [5, 5.41) is 15.6. The molecule has 4 N–H and O–H groups in total. The summed E-state index contributed by atoms with van der Waals surface area (Å²) in [5.41, 5.74) is 4.86. The molecule has 0 bridgehead atoms. The Hall–Kier alpha value is -1.99. The molecule has 0 saturated carbocycles. The third-order valence-electron chi connectivity index (χ3n) is 2.73. The average Bonchev–Trinajstić information content (AvgIpc) is 2.95. The summed E-state index contributed by atoms with van der Waals surface area (Å²) in [6.07, 6.45) is -0.933. The van der Waals surface area contributed by atoms with E-state index in [9.17, 15) is 18.7 Å². The molecule has 0 aliphatic rings. The lowest BCUT2D eigenvalue weighted by molar-refractivity contribution is 0.0908. The Kier molecular flexibility index (Phi) is 4.31. The third kappa shape index (κ3) is 2.94. The molecule has 1 aromatic carbocycles. The highest BCUT2D eigenvalue weighted by Crippen LogP contribution is 2.19. The average molecular weight is 298 g/mol. The standard InChI is InChI=1S/C13H12F2N2O2S/c14-8-1-2-9(16)12(15)11(8)13(19)17-5-10(18)7-3-4-20-6-7/h1-4,6,10,18H,5,16H2,(H,17,19). The molecular weight excluding hydrogens is 286 g/mol. The minimum Gasteiger partial charge on any atom is -0.396 e. The van der Waals surface area contributed by atoms with E-state index in [1.807, 2.05) is 0 Å². The van der Waals surface area contributed by atoms with Gasteiger partial charge in [-0.2, -0.15) is 11.3 Å². The molecule has 4 nitrogen and oxygen atoms in total. The number of amides is 1. The van der Waals surface area contributed by atoms with Crippen LogP contribution in [0.2, 0.25) is 0 Å². The molecule has 1 heterocycles. The summed E-state index contributed by atoms with van der Waals surface area (Å²) in [6, 6.07) is 3.66. The number of nitrogens with one attached hydrogen (secondary N) is 1. The van der Waals surface area contributed by atoms with Gasteiger partial charge in [0.2, 0.25) is 0 Å². The van der Waals surface area contributed by atoms with Gasteiger partial charge in [0.05, 0.1) is 11.8 Å². The van der Waals surface area contributed by atoms with Crippen molar-refractivity contribution in [2.24, 2.45) is 0 Å². The predicted octanol–water partition coefficient (Wildman–Crippen LogP) is 2.07. The van der Waals surface area contributed by atoms with Crippen LogP contribution >= 0.6 is 11.3 Å². The molecular formula is C13H12F2N2O2S. The second-order valence-electron chi connectivity index (χ2n) is 4.11. The Morgan fingerprint density at radius 2 is 2.15 bits per heavy atom. The molecule has 2 aromatic rings. The number of thiophene rings is 1. The number of halogens is 2. The lowest BCUT2D eigenvalue weighted by Gasteiger charge is -2.12. The number of anilines is 1. The normalized spacial score (nSPS) is 12.2. The van der Waals surface area contributed by atoms with Crippen LogP contribution in [-0.2, 0) is 0 Å². The fraction of sp³-hybridized carbons (Fsp3) is 0.154. The van der Waals surface area contributed by atoms with Crippen molar-refractivity contribution in [3.05, 3.63) is 51.7 Å². The zero-order chi connectivity index (χ0) is 14.7. The minimum absolute atomic E-state index is 0.150. The van der Waals surface area contributed by atoms with Crippen molar-refractivity contribution in [1.82, 2.24) is 5.32 Å². The maximum Gasteiger partial charge on any atom is 0.257 e. The number of aliphatic hydroxyl groups is 1. The smallest absolute Gasteiger partial charge is 0.257 e. The number of carbonyl (C=O) groups excluding carboxylic acids is 1. The van der Waals surface area contributed by atoms with Crippen molar-refractivity contribution in [1.29, 1.82) is 0 Å². The molecule has 1 unspecified atom stereocenters. The molecule has 1 amide bonds. The van der Waals surface area contributed by atoms with E-state index >= 15 is 0 Å². The van der Waals surface area contributed by atoms with Crippen molar-refractivity contribution < 1.29 is 18.7 Å². The first-order chi connectivity index (χ1) is 9.50. The Bertz CT molecular complexity index is 617.